The van der Waals surface area contributed by atoms with Gasteiger partial charge in [-0.15, -0.1) is 0 Å². The number of imidazole rings is 1. The van der Waals surface area contributed by atoms with Gasteiger partial charge in [-0.05, 0) is 35.7 Å². The number of H-pyrrole nitrogens is 1. The van der Waals surface area contributed by atoms with Crippen molar-refractivity contribution in [2.75, 3.05) is 0 Å². The average molecular weight is 378 g/mol. The fourth-order valence-electron chi connectivity index (χ4n) is 3.58. The highest BCUT2D eigenvalue weighted by Crippen LogP contribution is 2.31. The lowest BCUT2D eigenvalue weighted by Gasteiger charge is -2.06. The molecular weight excluding hydrogens is 356 g/mol. The Bertz CT molecular complexity index is 1230. The largest absolute Gasteiger partial charge is 0.338 e. The molecule has 0 aliphatic rings. The van der Waals surface area contributed by atoms with Crippen LogP contribution in [0.3, 0.4) is 0 Å². The molecule has 0 aliphatic heterocycles. The van der Waals surface area contributed by atoms with Gasteiger partial charge in [-0.2, -0.15) is 5.10 Å². The van der Waals surface area contributed by atoms with Crippen LogP contribution in [-0.4, -0.2) is 19.7 Å². The summed E-state index contributed by atoms with van der Waals surface area (Å²) in [5, 5.41) is 4.93. The van der Waals surface area contributed by atoms with Crippen LogP contribution in [0.25, 0.3) is 39.4 Å². The highest BCUT2D eigenvalue weighted by Gasteiger charge is 2.17. The van der Waals surface area contributed by atoms with Gasteiger partial charge >= 0.3 is 0 Å². The van der Waals surface area contributed by atoms with Crippen molar-refractivity contribution in [3.8, 4) is 28.3 Å². The third-order valence-electron chi connectivity index (χ3n) is 5.23. The predicted octanol–water partition coefficient (Wildman–Crippen LogP) is 6.21. The first kappa shape index (κ1) is 17.4. The summed E-state index contributed by atoms with van der Waals surface area (Å²) in [7, 11) is 0. The van der Waals surface area contributed by atoms with Gasteiger partial charge in [-0.25, -0.2) is 9.67 Å². The zero-order valence-corrected chi connectivity index (χ0v) is 16.5. The molecule has 0 spiro atoms. The van der Waals surface area contributed by atoms with Gasteiger partial charge in [0.2, 0.25) is 0 Å². The van der Waals surface area contributed by atoms with E-state index in [1.165, 1.54) is 5.56 Å². The Morgan fingerprint density at radius 1 is 0.828 bits per heavy atom. The Hall–Kier alpha value is -3.66. The van der Waals surface area contributed by atoms with E-state index in [1.54, 1.807) is 0 Å². The van der Waals surface area contributed by atoms with Crippen LogP contribution >= 0.6 is 0 Å². The summed E-state index contributed by atoms with van der Waals surface area (Å²) in [6.45, 7) is 4.41. The fraction of sp³-hybridized carbons (Fsp3) is 0.120. The molecule has 5 aromatic rings. The summed E-state index contributed by atoms with van der Waals surface area (Å²) < 4.78 is 1.94. The number of benzene rings is 3. The van der Waals surface area contributed by atoms with Gasteiger partial charge in [-0.1, -0.05) is 68.4 Å². The molecule has 4 nitrogen and oxygen atoms in total. The van der Waals surface area contributed by atoms with Crippen molar-refractivity contribution < 1.29 is 0 Å². The van der Waals surface area contributed by atoms with Crippen LogP contribution in [0.15, 0.2) is 85.1 Å². The van der Waals surface area contributed by atoms with Crippen LogP contribution in [-0.2, 0) is 0 Å². The number of nitrogens with zero attached hydrogens (tertiary/aromatic N) is 3. The van der Waals surface area contributed by atoms with Gasteiger partial charge in [0.1, 0.15) is 11.5 Å². The zero-order valence-electron chi connectivity index (χ0n) is 16.5. The molecule has 3 aromatic carbocycles. The monoisotopic (exact) mass is 378 g/mol. The van der Waals surface area contributed by atoms with Crippen molar-refractivity contribution >= 4 is 11.0 Å². The number of nitrogens with one attached hydrogen (secondary N) is 1. The first-order valence-corrected chi connectivity index (χ1v) is 9.89. The molecule has 0 saturated carbocycles. The van der Waals surface area contributed by atoms with E-state index in [4.69, 9.17) is 10.1 Å². The third-order valence-corrected chi connectivity index (χ3v) is 5.23. The van der Waals surface area contributed by atoms with E-state index in [1.807, 2.05) is 47.1 Å². The number of fused-ring (bicyclic) bond motifs is 1. The molecule has 0 radical (unpaired) electrons. The van der Waals surface area contributed by atoms with Crippen molar-refractivity contribution in [1.29, 1.82) is 0 Å². The molecule has 2 aromatic heterocycles. The highest BCUT2D eigenvalue weighted by atomic mass is 15.3. The van der Waals surface area contributed by atoms with E-state index in [0.717, 1.165) is 39.4 Å². The van der Waals surface area contributed by atoms with Crippen molar-refractivity contribution in [2.45, 2.75) is 19.8 Å². The van der Waals surface area contributed by atoms with Gasteiger partial charge in [0, 0.05) is 11.8 Å². The number of hydrogen-bond donors (Lipinski definition) is 1. The molecule has 0 bridgehead atoms. The molecule has 0 fully saturated rings. The second-order valence-electron chi connectivity index (χ2n) is 7.55. The van der Waals surface area contributed by atoms with Gasteiger partial charge in [-0.3, -0.25) is 0 Å². The van der Waals surface area contributed by atoms with Crippen LogP contribution in [0.1, 0.15) is 25.3 Å². The van der Waals surface area contributed by atoms with Crippen molar-refractivity contribution in [3.05, 3.63) is 90.6 Å². The summed E-state index contributed by atoms with van der Waals surface area (Å²) >= 11 is 0. The van der Waals surface area contributed by atoms with Crippen LogP contribution < -0.4 is 0 Å². The maximum Gasteiger partial charge on any atom is 0.142 e. The topological polar surface area (TPSA) is 46.5 Å². The Morgan fingerprint density at radius 3 is 2.28 bits per heavy atom. The number of para-hydroxylation sites is 2. The normalized spacial score (nSPS) is 11.4. The van der Waals surface area contributed by atoms with Crippen LogP contribution in [0.5, 0.6) is 0 Å². The molecule has 4 heteroatoms. The standard InChI is InChI=1S/C25H22N4/c1-17(2)18-12-14-20(15-13-18)29-16-21(24(28-29)19-8-4-3-5-9-19)25-26-22-10-6-7-11-23(22)27-25/h3-17H,1-2H3,(H,26,27). The lowest BCUT2D eigenvalue weighted by molar-refractivity contribution is 0.855. The molecular formula is C25H22N4. The number of rotatable bonds is 4. The predicted molar refractivity (Wildman–Crippen MR) is 118 cm³/mol. The van der Waals surface area contributed by atoms with Gasteiger partial charge < -0.3 is 4.98 Å². The average Bonchev–Trinajstić information content (AvgIpc) is 3.39. The van der Waals surface area contributed by atoms with Crippen LogP contribution in [0.2, 0.25) is 0 Å². The van der Waals surface area contributed by atoms with Crippen molar-refractivity contribution in [2.24, 2.45) is 0 Å². The maximum absolute atomic E-state index is 4.93. The quantitative estimate of drug-likeness (QED) is 0.404. The Balaban J connectivity index is 1.66. The molecule has 0 saturated heterocycles. The van der Waals surface area contributed by atoms with E-state index in [9.17, 15) is 0 Å². The minimum Gasteiger partial charge on any atom is -0.338 e. The van der Waals surface area contributed by atoms with Crippen molar-refractivity contribution in [3.63, 3.8) is 0 Å². The smallest absolute Gasteiger partial charge is 0.142 e. The molecule has 142 valence electrons. The molecule has 0 unspecified atom stereocenters. The minimum absolute atomic E-state index is 0.507. The SMILES string of the molecule is CC(C)c1ccc(-n2cc(-c3nc4ccccc4[nH]3)c(-c3ccccc3)n2)cc1. The van der Waals surface area contributed by atoms with Crippen molar-refractivity contribution in [1.82, 2.24) is 19.7 Å². The first-order valence-electron chi connectivity index (χ1n) is 9.89. The van der Waals surface area contributed by atoms with E-state index < -0.39 is 0 Å². The number of aromatic nitrogens is 4. The molecule has 0 aliphatic carbocycles. The highest BCUT2D eigenvalue weighted by molar-refractivity contribution is 5.84. The van der Waals surface area contributed by atoms with E-state index >= 15 is 0 Å². The lowest BCUT2D eigenvalue weighted by Crippen LogP contribution is -1.96. The van der Waals surface area contributed by atoms with E-state index in [-0.39, 0.29) is 0 Å². The lowest BCUT2D eigenvalue weighted by atomic mass is 10.0. The van der Waals surface area contributed by atoms with E-state index in [2.05, 4.69) is 61.4 Å². The number of hydrogen-bond acceptors (Lipinski definition) is 2. The first-order chi connectivity index (χ1) is 14.2. The third kappa shape index (κ3) is 3.23. The summed E-state index contributed by atoms with van der Waals surface area (Å²) in [5.41, 5.74) is 7.31. The molecule has 2 heterocycles. The summed E-state index contributed by atoms with van der Waals surface area (Å²) in [6, 6.07) is 26.9. The Kier molecular flexibility index (Phi) is 4.24. The molecule has 0 amide bonds. The second kappa shape index (κ2) is 7.06. The number of aromatic amines is 1. The molecule has 29 heavy (non-hydrogen) atoms. The minimum atomic E-state index is 0.507. The summed E-state index contributed by atoms with van der Waals surface area (Å²) in [4.78, 5) is 8.25. The fourth-order valence-corrected chi connectivity index (χ4v) is 3.58. The zero-order chi connectivity index (χ0) is 19.8. The van der Waals surface area contributed by atoms with Gasteiger partial charge in [0.05, 0.1) is 22.3 Å². The summed E-state index contributed by atoms with van der Waals surface area (Å²) in [6.07, 6.45) is 2.06. The summed E-state index contributed by atoms with van der Waals surface area (Å²) in [5.74, 6) is 1.34. The van der Waals surface area contributed by atoms with Gasteiger partial charge in [0.15, 0.2) is 0 Å². The molecule has 0 atom stereocenters. The van der Waals surface area contributed by atoms with E-state index in [0.29, 0.717) is 5.92 Å². The molecule has 5 rings (SSSR count). The molecule has 1 N–H and O–H groups in total. The van der Waals surface area contributed by atoms with Gasteiger partial charge in [0.25, 0.3) is 0 Å². The Labute approximate surface area is 169 Å². The maximum atomic E-state index is 4.93. The van der Waals surface area contributed by atoms with Crippen LogP contribution in [0, 0.1) is 0 Å². The Morgan fingerprint density at radius 2 is 1.55 bits per heavy atom. The second-order valence-corrected chi connectivity index (χ2v) is 7.55. The van der Waals surface area contributed by atoms with Crippen LogP contribution in [0.4, 0.5) is 0 Å².